The summed E-state index contributed by atoms with van der Waals surface area (Å²) in [7, 11) is 0. The summed E-state index contributed by atoms with van der Waals surface area (Å²) in [6.07, 6.45) is -0.822. The summed E-state index contributed by atoms with van der Waals surface area (Å²) in [6.45, 7) is 1.41. The number of nitrogens with zero attached hydrogens (tertiary/aromatic N) is 2. The molecule has 1 atom stereocenters. The number of carbonyl (C=O) groups excluding carboxylic acids is 1. The summed E-state index contributed by atoms with van der Waals surface area (Å²) in [5.74, 6) is -1.85. The van der Waals surface area contributed by atoms with Gasteiger partial charge >= 0.3 is 0 Å². The molecule has 152 valence electrons. The molecule has 1 aromatic carbocycles. The van der Waals surface area contributed by atoms with Crippen LogP contribution in [0.1, 0.15) is 28.5 Å². The van der Waals surface area contributed by atoms with E-state index in [1.165, 1.54) is 31.3 Å². The van der Waals surface area contributed by atoms with Crippen LogP contribution in [0.2, 0.25) is 10.0 Å². The molecule has 0 saturated heterocycles. The zero-order valence-corrected chi connectivity index (χ0v) is 16.4. The first-order chi connectivity index (χ1) is 13.6. The van der Waals surface area contributed by atoms with E-state index >= 15 is 0 Å². The Balaban J connectivity index is 1.96. The van der Waals surface area contributed by atoms with E-state index in [0.717, 1.165) is 12.1 Å². The van der Waals surface area contributed by atoms with E-state index in [0.29, 0.717) is 5.56 Å². The van der Waals surface area contributed by atoms with Crippen molar-refractivity contribution < 1.29 is 22.7 Å². The number of ketones is 1. The molecule has 3 rings (SSSR count). The van der Waals surface area contributed by atoms with Gasteiger partial charge in [-0.05, 0) is 36.8 Å². The van der Waals surface area contributed by atoms with Gasteiger partial charge in [0.2, 0.25) is 0 Å². The summed E-state index contributed by atoms with van der Waals surface area (Å²) in [5.41, 5.74) is 4.34. The largest absolute Gasteiger partial charge is 0.425 e. The summed E-state index contributed by atoms with van der Waals surface area (Å²) in [5, 5.41) is 0.364. The number of nitrogens with two attached hydrogens (primary N) is 1. The van der Waals surface area contributed by atoms with Crippen LogP contribution in [0.3, 0.4) is 0 Å². The number of ether oxygens (including phenoxy) is 1. The fraction of sp³-hybridized carbons (Fsp3) is 0.211. The summed E-state index contributed by atoms with van der Waals surface area (Å²) in [6, 6.07) is 4.75. The van der Waals surface area contributed by atoms with Crippen LogP contribution in [0.5, 0.6) is 0 Å². The number of hydrogen-bond donors (Lipinski definition) is 1. The monoisotopic (exact) mass is 443 g/mol. The third-order valence-electron chi connectivity index (χ3n) is 4.22. The average Bonchev–Trinajstić information content (AvgIpc) is 2.62. The average molecular weight is 444 g/mol. The fourth-order valence-electron chi connectivity index (χ4n) is 2.92. The highest BCUT2D eigenvalue weighted by atomic mass is 35.5. The zero-order valence-electron chi connectivity index (χ0n) is 14.9. The molecule has 0 unspecified atom stereocenters. The first kappa shape index (κ1) is 21.1. The van der Waals surface area contributed by atoms with Gasteiger partial charge in [0.1, 0.15) is 17.1 Å². The van der Waals surface area contributed by atoms with Crippen molar-refractivity contribution in [2.24, 2.45) is 10.7 Å². The molecule has 0 saturated carbocycles. The Kier molecular flexibility index (Phi) is 5.86. The lowest BCUT2D eigenvalue weighted by Gasteiger charge is -2.28. The number of halogens is 5. The molecule has 1 aromatic heterocycles. The van der Waals surface area contributed by atoms with Crippen LogP contribution in [0.4, 0.5) is 13.2 Å². The van der Waals surface area contributed by atoms with Crippen LogP contribution in [-0.2, 0) is 16.7 Å². The predicted octanol–water partition coefficient (Wildman–Crippen LogP) is 4.66. The maximum absolute atomic E-state index is 14.5. The van der Waals surface area contributed by atoms with Crippen LogP contribution in [0, 0.1) is 5.82 Å². The Labute approximate surface area is 174 Å². The fourth-order valence-corrected chi connectivity index (χ4v) is 3.40. The lowest BCUT2D eigenvalue weighted by molar-refractivity contribution is 0.0988. The maximum atomic E-state index is 14.5. The molecule has 0 spiro atoms. The van der Waals surface area contributed by atoms with Crippen molar-refractivity contribution in [1.82, 2.24) is 4.98 Å². The molecule has 10 heteroatoms. The van der Waals surface area contributed by atoms with E-state index in [1.54, 1.807) is 0 Å². The van der Waals surface area contributed by atoms with Gasteiger partial charge in [-0.15, -0.1) is 0 Å². The van der Waals surface area contributed by atoms with E-state index in [1.807, 2.05) is 0 Å². The minimum Gasteiger partial charge on any atom is -0.425 e. The lowest BCUT2D eigenvalue weighted by atomic mass is 9.88. The van der Waals surface area contributed by atoms with Crippen LogP contribution < -0.4 is 5.73 Å². The van der Waals surface area contributed by atoms with Crippen molar-refractivity contribution >= 4 is 35.0 Å². The number of rotatable bonds is 5. The number of pyridine rings is 1. The molecule has 29 heavy (non-hydrogen) atoms. The molecule has 2 aromatic rings. The van der Waals surface area contributed by atoms with Gasteiger partial charge in [-0.3, -0.25) is 4.79 Å². The maximum Gasteiger partial charge on any atom is 0.295 e. The highest BCUT2D eigenvalue weighted by Gasteiger charge is 2.34. The molecule has 0 fully saturated rings. The number of benzene rings is 1. The van der Waals surface area contributed by atoms with E-state index in [-0.39, 0.29) is 27.7 Å². The molecular weight excluding hydrogens is 430 g/mol. The normalized spacial score (nSPS) is 18.9. The number of allylic oxidation sites excluding steroid dienone is 1. The van der Waals surface area contributed by atoms with Crippen LogP contribution >= 0.6 is 23.2 Å². The Hall–Kier alpha value is -2.58. The number of aliphatic imine (C=N–C) groups is 1. The molecule has 0 aliphatic carbocycles. The van der Waals surface area contributed by atoms with Crippen LogP contribution in [0.25, 0.3) is 0 Å². The minimum absolute atomic E-state index is 0.0152. The van der Waals surface area contributed by atoms with Gasteiger partial charge in [0, 0.05) is 18.2 Å². The van der Waals surface area contributed by atoms with Crippen molar-refractivity contribution in [3.05, 3.63) is 75.0 Å². The Morgan fingerprint density at radius 3 is 2.69 bits per heavy atom. The van der Waals surface area contributed by atoms with E-state index in [9.17, 15) is 18.0 Å². The Morgan fingerprint density at radius 1 is 1.31 bits per heavy atom. The minimum atomic E-state index is -2.95. The summed E-state index contributed by atoms with van der Waals surface area (Å²) < 4.78 is 45.4. The number of aromatic nitrogens is 1. The van der Waals surface area contributed by atoms with Crippen molar-refractivity contribution in [3.63, 3.8) is 0 Å². The van der Waals surface area contributed by atoms with Gasteiger partial charge in [0.05, 0.1) is 10.0 Å². The van der Waals surface area contributed by atoms with Crippen molar-refractivity contribution in [2.75, 3.05) is 0 Å². The van der Waals surface area contributed by atoms with Gasteiger partial charge in [-0.25, -0.2) is 23.1 Å². The number of Topliss-reactive ketones (excluding diaryl/α,β-unsaturated/α-hetero) is 1. The second-order valence-corrected chi connectivity index (χ2v) is 7.29. The van der Waals surface area contributed by atoms with Crippen molar-refractivity contribution in [2.45, 2.75) is 25.3 Å². The zero-order chi connectivity index (χ0) is 21.3. The summed E-state index contributed by atoms with van der Waals surface area (Å²) in [4.78, 5) is 20.4. The third kappa shape index (κ3) is 4.54. The number of amidine groups is 1. The molecule has 2 N–H and O–H groups in total. The topological polar surface area (TPSA) is 77.6 Å². The highest BCUT2D eigenvalue weighted by Crippen LogP contribution is 2.35. The smallest absolute Gasteiger partial charge is 0.295 e. The van der Waals surface area contributed by atoms with Crippen molar-refractivity contribution in [1.29, 1.82) is 0 Å². The first-order valence-electron chi connectivity index (χ1n) is 8.26. The van der Waals surface area contributed by atoms with Crippen LogP contribution in [0.15, 0.2) is 47.3 Å². The van der Waals surface area contributed by atoms with E-state index < -0.39 is 35.3 Å². The van der Waals surface area contributed by atoms with Crippen molar-refractivity contribution in [3.8, 4) is 0 Å². The van der Waals surface area contributed by atoms with E-state index in [4.69, 9.17) is 33.7 Å². The third-order valence-corrected chi connectivity index (χ3v) is 4.71. The molecule has 0 amide bonds. The van der Waals surface area contributed by atoms with Gasteiger partial charge < -0.3 is 10.5 Å². The SMILES string of the molecule is C[C@@]1(c2cc(CC(=O)c3ncc(Cl)cc3Cl)ccc2F)C=C(C(F)F)OC(N)=N1. The van der Waals surface area contributed by atoms with Gasteiger partial charge in [0.25, 0.3) is 12.4 Å². The molecule has 1 aliphatic heterocycles. The molecule has 1 aliphatic rings. The Morgan fingerprint density at radius 2 is 2.03 bits per heavy atom. The standard InChI is InChI=1S/C19H14Cl2F3N3O2/c1-19(7-15(17(23)24)29-18(25)27-19)11-4-9(2-3-13(11)22)5-14(28)16-12(21)6-10(20)8-26-16/h2-4,6-8,17H,5H2,1H3,(H2,25,27)/t19-/m0/s1. The molecule has 0 bridgehead atoms. The number of carbonyl (C=O) groups is 1. The van der Waals surface area contributed by atoms with Crippen LogP contribution in [-0.4, -0.2) is 23.2 Å². The van der Waals surface area contributed by atoms with Gasteiger partial charge in [-0.2, -0.15) is 0 Å². The number of hydrogen-bond acceptors (Lipinski definition) is 5. The second kappa shape index (κ2) is 8.04. The van der Waals surface area contributed by atoms with Gasteiger partial charge in [-0.1, -0.05) is 29.3 Å². The molecule has 0 radical (unpaired) electrons. The lowest BCUT2D eigenvalue weighted by Crippen LogP contribution is -2.32. The first-order valence-corrected chi connectivity index (χ1v) is 9.02. The highest BCUT2D eigenvalue weighted by molar-refractivity contribution is 6.36. The molecular formula is C19H14Cl2F3N3O2. The van der Waals surface area contributed by atoms with Gasteiger partial charge in [0.15, 0.2) is 11.5 Å². The second-order valence-electron chi connectivity index (χ2n) is 6.45. The molecule has 2 heterocycles. The number of alkyl halides is 2. The predicted molar refractivity (Wildman–Crippen MR) is 103 cm³/mol. The summed E-state index contributed by atoms with van der Waals surface area (Å²) >= 11 is 11.8. The Bertz CT molecular complexity index is 1040. The quantitative estimate of drug-likeness (QED) is 0.681. The molecule has 5 nitrogen and oxygen atoms in total. The van der Waals surface area contributed by atoms with E-state index in [2.05, 4.69) is 9.98 Å².